The van der Waals surface area contributed by atoms with Gasteiger partial charge in [-0.3, -0.25) is 9.89 Å². The molecule has 134 valence electrons. The van der Waals surface area contributed by atoms with Crippen LogP contribution < -0.4 is 5.32 Å². The molecular weight excluding hydrogens is 300 g/mol. The van der Waals surface area contributed by atoms with Crippen LogP contribution >= 0.6 is 0 Å². The van der Waals surface area contributed by atoms with Crippen molar-refractivity contribution in [1.82, 2.24) is 15.1 Å². The quantitative estimate of drug-likeness (QED) is 0.639. The minimum absolute atomic E-state index is 0.577. The number of guanidine groups is 1. The molecule has 0 bridgehead atoms. The molecule has 5 heteroatoms. The Morgan fingerprint density at radius 1 is 1.29 bits per heavy atom. The van der Waals surface area contributed by atoms with Gasteiger partial charge in [0.15, 0.2) is 5.96 Å². The maximum atomic E-state index is 5.41. The summed E-state index contributed by atoms with van der Waals surface area (Å²) in [5, 5.41) is 3.51. The summed E-state index contributed by atoms with van der Waals surface area (Å²) in [6.45, 7) is 11.1. The van der Waals surface area contributed by atoms with Crippen molar-refractivity contribution < 1.29 is 4.74 Å². The van der Waals surface area contributed by atoms with E-state index in [0.717, 1.165) is 51.9 Å². The molecule has 1 aliphatic heterocycles. The van der Waals surface area contributed by atoms with Gasteiger partial charge < -0.3 is 15.0 Å². The highest BCUT2D eigenvalue weighted by Gasteiger charge is 2.14. The molecule has 1 fully saturated rings. The summed E-state index contributed by atoms with van der Waals surface area (Å²) in [5.74, 6) is 1.53. The molecule has 1 aliphatic rings. The Morgan fingerprint density at radius 2 is 1.96 bits per heavy atom. The molecule has 0 aliphatic carbocycles. The van der Waals surface area contributed by atoms with Gasteiger partial charge in [-0.05, 0) is 18.4 Å². The van der Waals surface area contributed by atoms with E-state index in [1.54, 1.807) is 0 Å². The molecule has 24 heavy (non-hydrogen) atoms. The van der Waals surface area contributed by atoms with Crippen molar-refractivity contribution >= 4 is 5.96 Å². The highest BCUT2D eigenvalue weighted by atomic mass is 16.5. The normalized spacial score (nSPS) is 17.6. The Labute approximate surface area is 146 Å². The molecule has 1 N–H and O–H groups in total. The standard InChI is InChI=1S/C19H32N4O/c1-16-5-7-18(8-6-16)15-22(4)19(20-3)21-13-17(2)14-23-9-11-24-12-10-23/h5-8,17H,9-15H2,1-4H3,(H,20,21). The van der Waals surface area contributed by atoms with Gasteiger partial charge in [0.05, 0.1) is 13.2 Å². The average Bonchev–Trinajstić information content (AvgIpc) is 2.58. The van der Waals surface area contributed by atoms with E-state index in [0.29, 0.717) is 5.92 Å². The summed E-state index contributed by atoms with van der Waals surface area (Å²) in [4.78, 5) is 9.07. The number of rotatable bonds is 6. The zero-order valence-electron chi connectivity index (χ0n) is 15.6. The lowest BCUT2D eigenvalue weighted by Gasteiger charge is -2.30. The molecule has 2 rings (SSSR count). The van der Waals surface area contributed by atoms with Crippen molar-refractivity contribution in [2.75, 3.05) is 53.5 Å². The van der Waals surface area contributed by atoms with Gasteiger partial charge in [0.25, 0.3) is 0 Å². The van der Waals surface area contributed by atoms with E-state index in [1.165, 1.54) is 11.1 Å². The Kier molecular flexibility index (Phi) is 7.53. The van der Waals surface area contributed by atoms with E-state index >= 15 is 0 Å². The Bertz CT molecular complexity index is 509. The minimum Gasteiger partial charge on any atom is -0.379 e. The molecule has 0 aromatic heterocycles. The minimum atomic E-state index is 0.577. The fourth-order valence-corrected chi connectivity index (χ4v) is 2.98. The van der Waals surface area contributed by atoms with Gasteiger partial charge in [0.1, 0.15) is 0 Å². The maximum Gasteiger partial charge on any atom is 0.193 e. The van der Waals surface area contributed by atoms with Gasteiger partial charge in [0.2, 0.25) is 0 Å². The zero-order valence-corrected chi connectivity index (χ0v) is 15.6. The highest BCUT2D eigenvalue weighted by Crippen LogP contribution is 2.07. The van der Waals surface area contributed by atoms with Crippen molar-refractivity contribution in [3.63, 3.8) is 0 Å². The first-order chi connectivity index (χ1) is 11.6. The number of benzene rings is 1. The lowest BCUT2D eigenvalue weighted by Crippen LogP contribution is -2.44. The summed E-state index contributed by atoms with van der Waals surface area (Å²) in [6, 6.07) is 8.67. The summed E-state index contributed by atoms with van der Waals surface area (Å²) in [6.07, 6.45) is 0. The monoisotopic (exact) mass is 332 g/mol. The van der Waals surface area contributed by atoms with Crippen molar-refractivity contribution in [1.29, 1.82) is 0 Å². The van der Waals surface area contributed by atoms with Gasteiger partial charge in [0, 0.05) is 46.8 Å². The van der Waals surface area contributed by atoms with Crippen LogP contribution in [-0.2, 0) is 11.3 Å². The van der Waals surface area contributed by atoms with E-state index in [1.807, 2.05) is 7.05 Å². The van der Waals surface area contributed by atoms with E-state index in [2.05, 4.69) is 65.3 Å². The first-order valence-corrected chi connectivity index (χ1v) is 8.86. The van der Waals surface area contributed by atoms with Crippen LogP contribution in [0.25, 0.3) is 0 Å². The molecule has 0 spiro atoms. The van der Waals surface area contributed by atoms with E-state index < -0.39 is 0 Å². The van der Waals surface area contributed by atoms with E-state index in [4.69, 9.17) is 4.74 Å². The van der Waals surface area contributed by atoms with Crippen LogP contribution in [0.4, 0.5) is 0 Å². The lowest BCUT2D eigenvalue weighted by molar-refractivity contribution is 0.0320. The number of hydrogen-bond acceptors (Lipinski definition) is 3. The van der Waals surface area contributed by atoms with Crippen molar-refractivity contribution in [2.45, 2.75) is 20.4 Å². The predicted octanol–water partition coefficient (Wildman–Crippen LogP) is 1.97. The molecule has 0 saturated carbocycles. The van der Waals surface area contributed by atoms with Crippen LogP contribution in [0.3, 0.4) is 0 Å². The van der Waals surface area contributed by atoms with Crippen LogP contribution in [0.5, 0.6) is 0 Å². The number of nitrogens with zero attached hydrogens (tertiary/aromatic N) is 3. The molecule has 0 radical (unpaired) electrons. The third-order valence-electron chi connectivity index (χ3n) is 4.40. The largest absolute Gasteiger partial charge is 0.379 e. The van der Waals surface area contributed by atoms with Crippen molar-refractivity contribution in [3.8, 4) is 0 Å². The van der Waals surface area contributed by atoms with Gasteiger partial charge >= 0.3 is 0 Å². The maximum absolute atomic E-state index is 5.41. The van der Waals surface area contributed by atoms with Gasteiger partial charge in [-0.25, -0.2) is 0 Å². The van der Waals surface area contributed by atoms with Gasteiger partial charge in [-0.1, -0.05) is 36.8 Å². The molecule has 1 unspecified atom stereocenters. The first-order valence-electron chi connectivity index (χ1n) is 8.86. The topological polar surface area (TPSA) is 40.1 Å². The summed E-state index contributed by atoms with van der Waals surface area (Å²) in [7, 11) is 3.93. The second-order valence-corrected chi connectivity index (χ2v) is 6.79. The fourth-order valence-electron chi connectivity index (χ4n) is 2.98. The fraction of sp³-hybridized carbons (Fsp3) is 0.632. The smallest absolute Gasteiger partial charge is 0.193 e. The summed E-state index contributed by atoms with van der Waals surface area (Å²) < 4.78 is 5.41. The molecular formula is C19H32N4O. The van der Waals surface area contributed by atoms with Crippen LogP contribution in [0.15, 0.2) is 29.3 Å². The average molecular weight is 332 g/mol. The van der Waals surface area contributed by atoms with Crippen molar-refractivity contribution in [2.24, 2.45) is 10.9 Å². The highest BCUT2D eigenvalue weighted by molar-refractivity contribution is 5.79. The first kappa shape index (κ1) is 18.7. The SMILES string of the molecule is CN=C(NCC(C)CN1CCOCC1)N(C)Cc1ccc(C)cc1. The number of aliphatic imine (C=N–C) groups is 1. The Balaban J connectivity index is 1.77. The van der Waals surface area contributed by atoms with Crippen LogP contribution in [-0.4, -0.2) is 69.2 Å². The molecule has 1 saturated heterocycles. The second kappa shape index (κ2) is 9.64. The molecule has 1 aromatic carbocycles. The number of hydrogen-bond donors (Lipinski definition) is 1. The third-order valence-corrected chi connectivity index (χ3v) is 4.40. The van der Waals surface area contributed by atoms with Crippen LogP contribution in [0.2, 0.25) is 0 Å². The number of morpholine rings is 1. The van der Waals surface area contributed by atoms with Gasteiger partial charge in [-0.2, -0.15) is 0 Å². The number of nitrogens with one attached hydrogen (secondary N) is 1. The summed E-state index contributed by atoms with van der Waals surface area (Å²) in [5.41, 5.74) is 2.59. The molecule has 1 aromatic rings. The lowest BCUT2D eigenvalue weighted by atomic mass is 10.1. The molecule has 1 atom stereocenters. The second-order valence-electron chi connectivity index (χ2n) is 6.79. The number of aryl methyl sites for hydroxylation is 1. The Hall–Kier alpha value is -1.59. The van der Waals surface area contributed by atoms with E-state index in [-0.39, 0.29) is 0 Å². The Morgan fingerprint density at radius 3 is 2.58 bits per heavy atom. The van der Waals surface area contributed by atoms with Gasteiger partial charge in [-0.15, -0.1) is 0 Å². The predicted molar refractivity (Wildman–Crippen MR) is 100 cm³/mol. The third kappa shape index (κ3) is 6.13. The van der Waals surface area contributed by atoms with Crippen LogP contribution in [0.1, 0.15) is 18.1 Å². The molecule has 0 amide bonds. The summed E-state index contributed by atoms with van der Waals surface area (Å²) >= 11 is 0. The van der Waals surface area contributed by atoms with Crippen molar-refractivity contribution in [3.05, 3.63) is 35.4 Å². The van der Waals surface area contributed by atoms with Crippen LogP contribution in [0, 0.1) is 12.8 Å². The molecule has 1 heterocycles. The number of ether oxygens (including phenoxy) is 1. The van der Waals surface area contributed by atoms with E-state index in [9.17, 15) is 0 Å². The molecule has 5 nitrogen and oxygen atoms in total. The zero-order chi connectivity index (χ0) is 17.4.